The lowest BCUT2D eigenvalue weighted by Gasteiger charge is -2.43. The van der Waals surface area contributed by atoms with E-state index in [-0.39, 0.29) is 17.2 Å². The highest BCUT2D eigenvalue weighted by atomic mass is 16.5. The van der Waals surface area contributed by atoms with Crippen LogP contribution in [0.25, 0.3) is 5.57 Å². The van der Waals surface area contributed by atoms with Crippen LogP contribution >= 0.6 is 0 Å². The zero-order valence-electron chi connectivity index (χ0n) is 12.4. The summed E-state index contributed by atoms with van der Waals surface area (Å²) in [5.41, 5.74) is 3.07. The van der Waals surface area contributed by atoms with E-state index in [0.29, 0.717) is 12.3 Å². The Kier molecular flexibility index (Phi) is 2.76. The van der Waals surface area contributed by atoms with Crippen molar-refractivity contribution in [2.75, 3.05) is 13.7 Å². The normalized spacial score (nSPS) is 29.0. The van der Waals surface area contributed by atoms with E-state index in [2.05, 4.69) is 12.1 Å². The molecule has 22 heavy (non-hydrogen) atoms. The van der Waals surface area contributed by atoms with Crippen LogP contribution in [0.4, 0.5) is 0 Å². The molecule has 1 aliphatic heterocycles. The summed E-state index contributed by atoms with van der Waals surface area (Å²) >= 11 is 0. The first kappa shape index (κ1) is 13.3. The van der Waals surface area contributed by atoms with E-state index in [1.54, 1.807) is 6.08 Å². The van der Waals surface area contributed by atoms with Gasteiger partial charge in [-0.15, -0.1) is 0 Å². The molecule has 4 rings (SSSR count). The maximum atomic E-state index is 12.3. The van der Waals surface area contributed by atoms with E-state index in [4.69, 9.17) is 4.74 Å². The molecule has 4 heteroatoms. The molecular weight excluding hydrogens is 278 g/mol. The van der Waals surface area contributed by atoms with Gasteiger partial charge in [-0.25, -0.2) is 0 Å². The lowest BCUT2D eigenvalue weighted by Crippen LogP contribution is -2.45. The second-order valence-electron chi connectivity index (χ2n) is 6.15. The standard InChI is InChI=1S/C18H17NO3/c1-22-16-10-18-6-7-19(11-20)17(18)8-12-4-2-3-5-13(12)14(18)9-15(16)21/h2-5,9-11,17H,6-8H2,1H3/t17-,18-/m0/s1. The number of carbonyl (C=O) groups is 2. The third-order valence-corrected chi connectivity index (χ3v) is 5.26. The molecule has 112 valence electrons. The molecule has 1 aromatic rings. The van der Waals surface area contributed by atoms with E-state index in [9.17, 15) is 9.59 Å². The Morgan fingerprint density at radius 3 is 2.95 bits per heavy atom. The minimum Gasteiger partial charge on any atom is -0.493 e. The largest absolute Gasteiger partial charge is 0.493 e. The van der Waals surface area contributed by atoms with Gasteiger partial charge >= 0.3 is 0 Å². The number of nitrogens with zero attached hydrogens (tertiary/aromatic N) is 1. The number of carbonyl (C=O) groups excluding carboxylic acids is 2. The van der Waals surface area contributed by atoms with Gasteiger partial charge in [-0.1, -0.05) is 24.3 Å². The topological polar surface area (TPSA) is 46.6 Å². The third-order valence-electron chi connectivity index (χ3n) is 5.26. The van der Waals surface area contributed by atoms with E-state index in [0.717, 1.165) is 30.4 Å². The molecule has 0 aromatic heterocycles. The van der Waals surface area contributed by atoms with Gasteiger partial charge in [0.05, 0.1) is 7.11 Å². The number of hydrogen-bond donors (Lipinski definition) is 0. The number of hydrogen-bond acceptors (Lipinski definition) is 3. The molecule has 0 saturated carbocycles. The minimum atomic E-state index is -0.297. The minimum absolute atomic E-state index is 0.0596. The summed E-state index contributed by atoms with van der Waals surface area (Å²) in [6.07, 6.45) is 6.24. The van der Waals surface area contributed by atoms with Gasteiger partial charge in [0.25, 0.3) is 0 Å². The van der Waals surface area contributed by atoms with Crippen LogP contribution in [0.1, 0.15) is 17.5 Å². The number of allylic oxidation sites excluding steroid dienone is 1. The fourth-order valence-electron chi connectivity index (χ4n) is 4.22. The second-order valence-corrected chi connectivity index (χ2v) is 6.15. The molecule has 1 saturated heterocycles. The first-order valence-electron chi connectivity index (χ1n) is 7.52. The van der Waals surface area contributed by atoms with Crippen LogP contribution in [0.5, 0.6) is 0 Å². The first-order valence-corrected chi connectivity index (χ1v) is 7.52. The van der Waals surface area contributed by atoms with Crippen molar-refractivity contribution in [2.45, 2.75) is 18.9 Å². The molecule has 0 radical (unpaired) electrons. The zero-order chi connectivity index (χ0) is 15.3. The number of rotatable bonds is 2. The van der Waals surface area contributed by atoms with E-state index in [1.807, 2.05) is 23.1 Å². The van der Waals surface area contributed by atoms with Gasteiger partial charge in [-0.2, -0.15) is 0 Å². The monoisotopic (exact) mass is 295 g/mol. The van der Waals surface area contributed by atoms with Gasteiger partial charge in [-0.05, 0) is 41.7 Å². The Hall–Kier alpha value is -2.36. The number of fused-ring (bicyclic) bond motifs is 2. The van der Waals surface area contributed by atoms with Crippen molar-refractivity contribution in [1.82, 2.24) is 4.90 Å². The molecule has 1 spiro atoms. The number of ketones is 1. The molecule has 1 amide bonds. The number of likely N-dealkylation sites (tertiary alicyclic amines) is 1. The second kappa shape index (κ2) is 4.57. The summed E-state index contributed by atoms with van der Waals surface area (Å²) in [6.45, 7) is 0.710. The fourth-order valence-corrected chi connectivity index (χ4v) is 4.22. The zero-order valence-corrected chi connectivity index (χ0v) is 12.4. The number of benzene rings is 1. The Bertz CT molecular complexity index is 734. The molecular formula is C18H17NO3. The van der Waals surface area contributed by atoms with Gasteiger partial charge in [-0.3, -0.25) is 9.59 Å². The smallest absolute Gasteiger partial charge is 0.220 e. The summed E-state index contributed by atoms with van der Waals surface area (Å²) in [5, 5.41) is 0. The molecule has 0 bridgehead atoms. The molecule has 1 fully saturated rings. The van der Waals surface area contributed by atoms with Crippen molar-refractivity contribution in [3.8, 4) is 0 Å². The summed E-state index contributed by atoms with van der Waals surface area (Å²) in [7, 11) is 1.53. The molecule has 2 atom stereocenters. The predicted molar refractivity (Wildman–Crippen MR) is 81.8 cm³/mol. The lowest BCUT2D eigenvalue weighted by atomic mass is 9.62. The van der Waals surface area contributed by atoms with Crippen LogP contribution in [0.2, 0.25) is 0 Å². The SMILES string of the molecule is COC1=C[C@]23CCN(C=O)[C@H]2Cc2ccccc2C3=CC1=O. The summed E-state index contributed by atoms with van der Waals surface area (Å²) in [6, 6.07) is 8.22. The molecule has 3 aliphatic rings. The van der Waals surface area contributed by atoms with Crippen LogP contribution in [0, 0.1) is 5.41 Å². The lowest BCUT2D eigenvalue weighted by molar-refractivity contribution is -0.119. The van der Waals surface area contributed by atoms with Crippen molar-refractivity contribution in [3.63, 3.8) is 0 Å². The highest BCUT2D eigenvalue weighted by Crippen LogP contribution is 2.55. The maximum absolute atomic E-state index is 12.3. The van der Waals surface area contributed by atoms with Gasteiger partial charge in [0, 0.05) is 18.0 Å². The Morgan fingerprint density at radius 1 is 1.36 bits per heavy atom. The first-order chi connectivity index (χ1) is 10.7. The van der Waals surface area contributed by atoms with Gasteiger partial charge in [0.1, 0.15) is 0 Å². The van der Waals surface area contributed by atoms with Crippen molar-refractivity contribution in [1.29, 1.82) is 0 Å². The van der Waals surface area contributed by atoms with Gasteiger partial charge < -0.3 is 9.64 Å². The van der Waals surface area contributed by atoms with E-state index >= 15 is 0 Å². The fraction of sp³-hybridized carbons (Fsp3) is 0.333. The van der Waals surface area contributed by atoms with Crippen LogP contribution in [-0.4, -0.2) is 36.8 Å². The summed E-state index contributed by atoms with van der Waals surface area (Å²) in [4.78, 5) is 25.6. The molecule has 0 N–H and O–H groups in total. The Labute approximate surface area is 129 Å². The van der Waals surface area contributed by atoms with Crippen LogP contribution in [0.15, 0.2) is 42.2 Å². The van der Waals surface area contributed by atoms with Crippen LogP contribution in [-0.2, 0) is 20.7 Å². The van der Waals surface area contributed by atoms with Crippen molar-refractivity contribution >= 4 is 17.8 Å². The van der Waals surface area contributed by atoms with Gasteiger partial charge in [0.15, 0.2) is 5.76 Å². The van der Waals surface area contributed by atoms with Crippen molar-refractivity contribution in [2.24, 2.45) is 5.41 Å². The average molecular weight is 295 g/mol. The third kappa shape index (κ3) is 1.58. The highest BCUT2D eigenvalue weighted by molar-refractivity contribution is 6.10. The van der Waals surface area contributed by atoms with Crippen LogP contribution < -0.4 is 0 Å². The summed E-state index contributed by atoms with van der Waals surface area (Å²) in [5.74, 6) is 0.295. The van der Waals surface area contributed by atoms with Gasteiger partial charge in [0.2, 0.25) is 12.2 Å². The Morgan fingerprint density at radius 2 is 2.18 bits per heavy atom. The Balaban J connectivity index is 1.96. The van der Waals surface area contributed by atoms with Crippen molar-refractivity contribution < 1.29 is 14.3 Å². The predicted octanol–water partition coefficient (Wildman–Crippen LogP) is 1.96. The molecule has 1 heterocycles. The molecule has 2 aliphatic carbocycles. The maximum Gasteiger partial charge on any atom is 0.220 e. The van der Waals surface area contributed by atoms with Crippen LogP contribution in [0.3, 0.4) is 0 Å². The summed E-state index contributed by atoms with van der Waals surface area (Å²) < 4.78 is 5.27. The van der Waals surface area contributed by atoms with E-state index in [1.165, 1.54) is 12.7 Å². The molecule has 4 nitrogen and oxygen atoms in total. The molecule has 1 aromatic carbocycles. The highest BCUT2D eigenvalue weighted by Gasteiger charge is 2.53. The van der Waals surface area contributed by atoms with E-state index < -0.39 is 0 Å². The number of ether oxygens (including phenoxy) is 1. The quantitative estimate of drug-likeness (QED) is 0.784. The number of amides is 1. The number of methoxy groups -OCH3 is 1. The molecule has 0 unspecified atom stereocenters. The average Bonchev–Trinajstić information content (AvgIpc) is 2.90. The van der Waals surface area contributed by atoms with Crippen molar-refractivity contribution in [3.05, 3.63) is 53.3 Å².